The highest BCUT2D eigenvalue weighted by Crippen LogP contribution is 2.14. The summed E-state index contributed by atoms with van der Waals surface area (Å²) in [6.45, 7) is 2.29. The van der Waals surface area contributed by atoms with E-state index in [1.807, 2.05) is 0 Å². The van der Waals surface area contributed by atoms with E-state index in [1.54, 1.807) is 0 Å². The van der Waals surface area contributed by atoms with Gasteiger partial charge in [-0.25, -0.2) is 4.98 Å². The molecular formula is C21H40N4S2. The summed E-state index contributed by atoms with van der Waals surface area (Å²) < 4.78 is 0.476. The molecule has 1 aromatic heterocycles. The van der Waals surface area contributed by atoms with Gasteiger partial charge in [-0.2, -0.15) is 4.98 Å². The molecule has 3 N–H and O–H groups in total. The molecule has 0 aliphatic rings. The number of rotatable bonds is 18. The molecule has 0 atom stereocenters. The number of nitrogens with one attached hydrogen (secondary N) is 1. The summed E-state index contributed by atoms with van der Waals surface area (Å²) in [4.78, 5) is 11.5. The van der Waals surface area contributed by atoms with Gasteiger partial charge in [0.05, 0.1) is 0 Å². The molecule has 1 rings (SSSR count). The van der Waals surface area contributed by atoms with Gasteiger partial charge in [0.15, 0.2) is 0 Å². The van der Waals surface area contributed by atoms with E-state index in [4.69, 9.17) is 17.4 Å². The second kappa shape index (κ2) is 17.6. The number of hydrogen-bond acceptors (Lipinski definition) is 5. The van der Waals surface area contributed by atoms with Crippen molar-refractivity contribution in [2.45, 2.75) is 121 Å². The summed E-state index contributed by atoms with van der Waals surface area (Å²) in [7, 11) is 0. The lowest BCUT2D eigenvalue weighted by atomic mass is 10.0. The highest BCUT2D eigenvalue weighted by molar-refractivity contribution is 7.96. The third-order valence-electron chi connectivity index (χ3n) is 5.05. The average molecular weight is 413 g/mol. The Morgan fingerprint density at radius 3 is 1.63 bits per heavy atom. The van der Waals surface area contributed by atoms with Gasteiger partial charge in [0, 0.05) is 6.42 Å². The van der Waals surface area contributed by atoms with Crippen LogP contribution in [0.15, 0.2) is 5.16 Å². The maximum absolute atomic E-state index is 5.51. The van der Waals surface area contributed by atoms with Crippen molar-refractivity contribution in [2.75, 3.05) is 0 Å². The second-order valence-corrected chi connectivity index (χ2v) is 8.54. The number of nitrogens with zero attached hydrogens (tertiary/aromatic N) is 2. The van der Waals surface area contributed by atoms with Crippen molar-refractivity contribution < 1.29 is 0 Å². The third kappa shape index (κ3) is 14.2. The summed E-state index contributed by atoms with van der Waals surface area (Å²) in [5.41, 5.74) is 0. The lowest BCUT2D eigenvalue weighted by molar-refractivity contribution is 0.528. The molecule has 0 aliphatic heterocycles. The number of H-pyrrole nitrogens is 1. The number of aromatic nitrogens is 3. The average Bonchev–Trinajstić information content (AvgIpc) is 2.67. The van der Waals surface area contributed by atoms with E-state index in [0.717, 1.165) is 30.6 Å². The normalized spacial score (nSPS) is 11.2. The molecule has 27 heavy (non-hydrogen) atoms. The molecule has 4 nitrogen and oxygen atoms in total. The van der Waals surface area contributed by atoms with Crippen molar-refractivity contribution in [3.8, 4) is 0 Å². The van der Waals surface area contributed by atoms with Crippen LogP contribution in [-0.2, 0) is 6.42 Å². The van der Waals surface area contributed by atoms with E-state index in [-0.39, 0.29) is 0 Å². The summed E-state index contributed by atoms with van der Waals surface area (Å²) >= 11 is 6.15. The minimum absolute atomic E-state index is 0.476. The summed E-state index contributed by atoms with van der Waals surface area (Å²) in [5.74, 6) is 0.910. The van der Waals surface area contributed by atoms with Gasteiger partial charge >= 0.3 is 0 Å². The van der Waals surface area contributed by atoms with Crippen LogP contribution in [-0.4, -0.2) is 15.0 Å². The predicted octanol–water partition coefficient (Wildman–Crippen LogP) is 7.30. The first-order chi connectivity index (χ1) is 13.3. The number of aryl methyl sites for hydroxylation is 1. The van der Waals surface area contributed by atoms with Crippen LogP contribution in [0.25, 0.3) is 0 Å². The summed E-state index contributed by atoms with van der Waals surface area (Å²) in [5, 5.41) is 6.07. The van der Waals surface area contributed by atoms with Crippen LogP contribution in [0.3, 0.4) is 0 Å². The van der Waals surface area contributed by atoms with Crippen LogP contribution in [0.1, 0.15) is 115 Å². The molecule has 1 heterocycles. The molecule has 0 aliphatic carbocycles. The van der Waals surface area contributed by atoms with Gasteiger partial charge < -0.3 is 4.98 Å². The number of aromatic amines is 1. The molecule has 156 valence electrons. The molecule has 0 amide bonds. The van der Waals surface area contributed by atoms with Crippen molar-refractivity contribution in [2.24, 2.45) is 5.14 Å². The predicted molar refractivity (Wildman–Crippen MR) is 121 cm³/mol. The SMILES string of the molecule is CCCCCCCCCCCCCCCCCCc1nc(SN)nc(=S)[nH]1. The quantitative estimate of drug-likeness (QED) is 0.150. The van der Waals surface area contributed by atoms with Crippen molar-refractivity contribution in [3.63, 3.8) is 0 Å². The minimum Gasteiger partial charge on any atom is -0.319 e. The Morgan fingerprint density at radius 2 is 1.19 bits per heavy atom. The second-order valence-electron chi connectivity index (χ2n) is 7.55. The fraction of sp³-hybridized carbons (Fsp3) is 0.857. The smallest absolute Gasteiger partial charge is 0.207 e. The minimum atomic E-state index is 0.476. The Kier molecular flexibility index (Phi) is 16.0. The van der Waals surface area contributed by atoms with Crippen LogP contribution >= 0.6 is 24.2 Å². The van der Waals surface area contributed by atoms with Crippen molar-refractivity contribution in [3.05, 3.63) is 10.6 Å². The molecule has 0 bridgehead atoms. The van der Waals surface area contributed by atoms with Gasteiger partial charge in [-0.1, -0.05) is 103 Å². The number of hydrogen-bond donors (Lipinski definition) is 2. The topological polar surface area (TPSA) is 67.6 Å². The highest BCUT2D eigenvalue weighted by Gasteiger charge is 2.01. The third-order valence-corrected chi connectivity index (χ3v) is 5.64. The van der Waals surface area contributed by atoms with Gasteiger partial charge in [-0.05, 0) is 30.6 Å². The molecule has 0 saturated carbocycles. The summed E-state index contributed by atoms with van der Waals surface area (Å²) in [6.07, 6.45) is 23.1. The fourth-order valence-electron chi connectivity index (χ4n) is 3.42. The first kappa shape index (κ1) is 24.6. The molecule has 6 heteroatoms. The fourth-order valence-corrected chi connectivity index (χ4v) is 3.99. The van der Waals surface area contributed by atoms with Crippen LogP contribution in [0.2, 0.25) is 0 Å². The van der Waals surface area contributed by atoms with Crippen LogP contribution in [0, 0.1) is 4.77 Å². The maximum Gasteiger partial charge on any atom is 0.207 e. The Hall–Kier alpha value is -0.460. The Balaban J connectivity index is 1.84. The lowest BCUT2D eigenvalue weighted by Crippen LogP contribution is -2.01. The van der Waals surface area contributed by atoms with Crippen LogP contribution in [0.5, 0.6) is 0 Å². The van der Waals surface area contributed by atoms with E-state index in [0.29, 0.717) is 9.93 Å². The highest BCUT2D eigenvalue weighted by atomic mass is 32.2. The zero-order valence-corrected chi connectivity index (χ0v) is 18.9. The molecule has 0 saturated heterocycles. The molecule has 0 spiro atoms. The van der Waals surface area contributed by atoms with Crippen molar-refractivity contribution >= 4 is 24.2 Å². The van der Waals surface area contributed by atoms with Crippen LogP contribution < -0.4 is 5.14 Å². The largest absolute Gasteiger partial charge is 0.319 e. The lowest BCUT2D eigenvalue weighted by Gasteiger charge is -2.04. The molecular weight excluding hydrogens is 372 g/mol. The Bertz CT molecular complexity index is 519. The first-order valence-corrected chi connectivity index (χ1v) is 12.4. The van der Waals surface area contributed by atoms with E-state index in [2.05, 4.69) is 21.9 Å². The van der Waals surface area contributed by atoms with Gasteiger partial charge in [-0.3, -0.25) is 5.14 Å². The van der Waals surface area contributed by atoms with Gasteiger partial charge in [-0.15, -0.1) is 0 Å². The standard InChI is InChI=1S/C21H40N4S2/c1-2-3-4-5-6-7-8-9-10-11-12-13-14-15-16-17-18-19-23-20(26)25-21(24-19)27-22/h2-18,22H2,1H3,(H,23,24,25,26). The van der Waals surface area contributed by atoms with Gasteiger partial charge in [0.25, 0.3) is 0 Å². The summed E-state index contributed by atoms with van der Waals surface area (Å²) in [6, 6.07) is 0. The zero-order valence-electron chi connectivity index (χ0n) is 17.3. The van der Waals surface area contributed by atoms with E-state index >= 15 is 0 Å². The maximum atomic E-state index is 5.51. The van der Waals surface area contributed by atoms with Gasteiger partial charge in [0.1, 0.15) is 5.82 Å². The van der Waals surface area contributed by atoms with E-state index in [1.165, 1.54) is 96.3 Å². The number of unbranched alkanes of at least 4 members (excludes halogenated alkanes) is 15. The van der Waals surface area contributed by atoms with Crippen molar-refractivity contribution in [1.82, 2.24) is 15.0 Å². The van der Waals surface area contributed by atoms with Gasteiger partial charge in [0.2, 0.25) is 9.93 Å². The van der Waals surface area contributed by atoms with E-state index in [9.17, 15) is 0 Å². The first-order valence-electron chi connectivity index (χ1n) is 11.1. The molecule has 0 radical (unpaired) electrons. The van der Waals surface area contributed by atoms with Crippen molar-refractivity contribution in [1.29, 1.82) is 0 Å². The monoisotopic (exact) mass is 412 g/mol. The van der Waals surface area contributed by atoms with Crippen LogP contribution in [0.4, 0.5) is 0 Å². The zero-order chi connectivity index (χ0) is 19.6. The molecule has 1 aromatic rings. The molecule has 0 aromatic carbocycles. The Morgan fingerprint density at radius 1 is 0.741 bits per heavy atom. The molecule has 0 unspecified atom stereocenters. The number of nitrogens with two attached hydrogens (primary N) is 1. The Labute approximate surface area is 176 Å². The van der Waals surface area contributed by atoms with E-state index < -0.39 is 0 Å². The molecule has 0 fully saturated rings.